The van der Waals surface area contributed by atoms with Crippen molar-refractivity contribution in [2.24, 2.45) is 17.8 Å². The average Bonchev–Trinajstić information content (AvgIpc) is 3.14. The lowest BCUT2D eigenvalue weighted by Crippen LogP contribution is -2.50. The number of nitrogens with one attached hydrogen (secondary N) is 3. The van der Waals surface area contributed by atoms with Crippen molar-refractivity contribution in [1.82, 2.24) is 25.8 Å². The normalized spacial score (nSPS) is 30.3. The van der Waals surface area contributed by atoms with Crippen molar-refractivity contribution in [1.29, 1.82) is 0 Å². The Bertz CT molecular complexity index is 518. The van der Waals surface area contributed by atoms with Gasteiger partial charge in [-0.05, 0) is 31.1 Å². The molecule has 0 aliphatic heterocycles. The van der Waals surface area contributed by atoms with E-state index in [0.717, 1.165) is 19.3 Å². The molecule has 1 aromatic rings. The number of aromatic amines is 1. The van der Waals surface area contributed by atoms with Crippen LogP contribution in [-0.4, -0.2) is 44.9 Å². The van der Waals surface area contributed by atoms with Crippen molar-refractivity contribution in [3.63, 3.8) is 0 Å². The first-order valence-electron chi connectivity index (χ1n) is 7.26. The molecule has 4 N–H and O–H groups in total. The fourth-order valence-corrected chi connectivity index (χ4v) is 3.70. The van der Waals surface area contributed by atoms with Crippen LogP contribution in [0.2, 0.25) is 0 Å². The van der Waals surface area contributed by atoms with Crippen LogP contribution in [0.3, 0.4) is 0 Å². The van der Waals surface area contributed by atoms with Gasteiger partial charge in [0.05, 0.1) is 5.92 Å². The van der Waals surface area contributed by atoms with E-state index in [2.05, 4.69) is 25.8 Å². The summed E-state index contributed by atoms with van der Waals surface area (Å²) in [6.45, 7) is 0.430. The van der Waals surface area contributed by atoms with Crippen molar-refractivity contribution < 1.29 is 14.7 Å². The summed E-state index contributed by atoms with van der Waals surface area (Å²) in [5.41, 5.74) is 0. The van der Waals surface area contributed by atoms with E-state index in [1.54, 1.807) is 0 Å². The third-order valence-corrected chi connectivity index (χ3v) is 4.61. The van der Waals surface area contributed by atoms with Crippen LogP contribution >= 0.6 is 0 Å². The molecule has 1 aromatic heterocycles. The number of H-pyrrole nitrogens is 1. The topological polar surface area (TPSA) is 120 Å². The summed E-state index contributed by atoms with van der Waals surface area (Å²) in [6.07, 6.45) is 4.87. The molecule has 21 heavy (non-hydrogen) atoms. The number of carbonyl (C=O) groups is 2. The maximum atomic E-state index is 11.9. The fourth-order valence-electron chi connectivity index (χ4n) is 3.70. The van der Waals surface area contributed by atoms with Gasteiger partial charge in [-0.25, -0.2) is 9.78 Å². The molecule has 0 saturated heterocycles. The average molecular weight is 293 g/mol. The van der Waals surface area contributed by atoms with Gasteiger partial charge in [0, 0.05) is 19.0 Å². The maximum absolute atomic E-state index is 11.9. The molecule has 4 unspecified atom stereocenters. The summed E-state index contributed by atoms with van der Waals surface area (Å²) < 4.78 is 0. The number of fused-ring (bicyclic) bond motifs is 2. The summed E-state index contributed by atoms with van der Waals surface area (Å²) in [5.74, 6) is -0.0142. The number of amides is 2. The molecule has 8 nitrogen and oxygen atoms in total. The van der Waals surface area contributed by atoms with Gasteiger partial charge >= 0.3 is 12.0 Å². The number of urea groups is 1. The quantitative estimate of drug-likeness (QED) is 0.616. The van der Waals surface area contributed by atoms with Crippen LogP contribution in [0.5, 0.6) is 0 Å². The highest BCUT2D eigenvalue weighted by Crippen LogP contribution is 2.48. The van der Waals surface area contributed by atoms with Crippen LogP contribution in [-0.2, 0) is 11.2 Å². The predicted molar refractivity (Wildman–Crippen MR) is 72.4 cm³/mol. The van der Waals surface area contributed by atoms with E-state index in [9.17, 15) is 14.7 Å². The van der Waals surface area contributed by atoms with Gasteiger partial charge in [-0.3, -0.25) is 9.89 Å². The van der Waals surface area contributed by atoms with E-state index in [4.69, 9.17) is 0 Å². The minimum absolute atomic E-state index is 0.215. The number of carboxylic acid groups (broad SMARTS) is 1. The number of aliphatic carboxylic acids is 1. The smallest absolute Gasteiger partial charge is 0.315 e. The molecular formula is C13H19N5O3. The standard InChI is InChI=1S/C13H19N5O3/c19-12(20)10-7-1-2-8(5-7)11(10)17-13(21)14-4-3-9-15-6-16-18-9/h6-8,10-11H,1-5H2,(H,19,20)(H2,14,17,21)(H,15,16,18). The number of rotatable bonds is 5. The number of aromatic nitrogens is 3. The van der Waals surface area contributed by atoms with E-state index < -0.39 is 11.9 Å². The highest BCUT2D eigenvalue weighted by atomic mass is 16.4. The van der Waals surface area contributed by atoms with Gasteiger partial charge in [-0.1, -0.05) is 0 Å². The number of hydrogen-bond donors (Lipinski definition) is 4. The molecule has 0 spiro atoms. The number of nitrogens with zero attached hydrogens (tertiary/aromatic N) is 2. The van der Waals surface area contributed by atoms with Gasteiger partial charge in [0.1, 0.15) is 12.2 Å². The predicted octanol–water partition coefficient (Wildman–Crippen LogP) is 0.146. The Balaban J connectivity index is 1.49. The monoisotopic (exact) mass is 293 g/mol. The van der Waals surface area contributed by atoms with Crippen LogP contribution < -0.4 is 10.6 Å². The lowest BCUT2D eigenvalue weighted by atomic mass is 9.84. The fraction of sp³-hybridized carbons (Fsp3) is 0.692. The second-order valence-corrected chi connectivity index (χ2v) is 5.81. The van der Waals surface area contributed by atoms with Crippen LogP contribution in [0.15, 0.2) is 6.33 Å². The molecule has 114 valence electrons. The highest BCUT2D eigenvalue weighted by Gasteiger charge is 2.51. The van der Waals surface area contributed by atoms with E-state index in [-0.39, 0.29) is 18.0 Å². The molecule has 0 aromatic carbocycles. The van der Waals surface area contributed by atoms with E-state index >= 15 is 0 Å². The second kappa shape index (κ2) is 5.71. The Labute approximate surface area is 121 Å². The van der Waals surface area contributed by atoms with Crippen molar-refractivity contribution >= 4 is 12.0 Å². The third-order valence-electron chi connectivity index (χ3n) is 4.61. The van der Waals surface area contributed by atoms with Gasteiger partial charge in [-0.15, -0.1) is 0 Å². The van der Waals surface area contributed by atoms with Crippen LogP contribution in [0.1, 0.15) is 25.1 Å². The van der Waals surface area contributed by atoms with Crippen LogP contribution in [0.4, 0.5) is 4.79 Å². The lowest BCUT2D eigenvalue weighted by molar-refractivity contribution is -0.144. The summed E-state index contributed by atoms with van der Waals surface area (Å²) in [4.78, 5) is 27.2. The summed E-state index contributed by atoms with van der Waals surface area (Å²) in [7, 11) is 0. The molecule has 2 aliphatic carbocycles. The zero-order chi connectivity index (χ0) is 14.8. The first-order valence-corrected chi connectivity index (χ1v) is 7.26. The Kier molecular flexibility index (Phi) is 3.76. The molecule has 2 saturated carbocycles. The zero-order valence-electron chi connectivity index (χ0n) is 11.6. The van der Waals surface area contributed by atoms with E-state index in [1.165, 1.54) is 6.33 Å². The van der Waals surface area contributed by atoms with Gasteiger partial charge in [0.2, 0.25) is 0 Å². The minimum Gasteiger partial charge on any atom is -0.481 e. The first-order chi connectivity index (χ1) is 10.1. The summed E-state index contributed by atoms with van der Waals surface area (Å²) in [5, 5.41) is 21.4. The number of hydrogen-bond acceptors (Lipinski definition) is 4. The van der Waals surface area contributed by atoms with E-state index in [0.29, 0.717) is 24.7 Å². The highest BCUT2D eigenvalue weighted by molar-refractivity contribution is 5.77. The minimum atomic E-state index is -0.797. The van der Waals surface area contributed by atoms with Crippen molar-refractivity contribution in [3.8, 4) is 0 Å². The summed E-state index contributed by atoms with van der Waals surface area (Å²) >= 11 is 0. The lowest BCUT2D eigenvalue weighted by Gasteiger charge is -2.28. The van der Waals surface area contributed by atoms with Crippen molar-refractivity contribution in [2.45, 2.75) is 31.7 Å². The van der Waals surface area contributed by atoms with Crippen molar-refractivity contribution in [3.05, 3.63) is 12.2 Å². The number of carboxylic acids is 1. The van der Waals surface area contributed by atoms with E-state index in [1.807, 2.05) is 0 Å². The molecule has 2 bridgehead atoms. The molecule has 1 heterocycles. The maximum Gasteiger partial charge on any atom is 0.315 e. The Morgan fingerprint density at radius 3 is 2.90 bits per heavy atom. The van der Waals surface area contributed by atoms with Gasteiger partial charge in [0.25, 0.3) is 0 Å². The molecule has 0 radical (unpaired) electrons. The van der Waals surface area contributed by atoms with Gasteiger partial charge in [0.15, 0.2) is 0 Å². The molecular weight excluding hydrogens is 274 g/mol. The Morgan fingerprint density at radius 1 is 1.38 bits per heavy atom. The Hall–Kier alpha value is -2.12. The molecule has 2 amide bonds. The Morgan fingerprint density at radius 2 is 2.19 bits per heavy atom. The largest absolute Gasteiger partial charge is 0.481 e. The third kappa shape index (κ3) is 2.84. The molecule has 3 rings (SSSR count). The zero-order valence-corrected chi connectivity index (χ0v) is 11.6. The second-order valence-electron chi connectivity index (χ2n) is 5.81. The van der Waals surface area contributed by atoms with Gasteiger partial charge in [-0.2, -0.15) is 5.10 Å². The van der Waals surface area contributed by atoms with Crippen LogP contribution in [0, 0.1) is 17.8 Å². The first kappa shape index (κ1) is 13.8. The molecule has 2 fully saturated rings. The number of carbonyl (C=O) groups excluding carboxylic acids is 1. The van der Waals surface area contributed by atoms with Crippen molar-refractivity contribution in [2.75, 3.05) is 6.54 Å². The molecule has 4 atom stereocenters. The molecule has 2 aliphatic rings. The SMILES string of the molecule is O=C(NCCc1ncn[nH]1)NC1C2CCC(C2)C1C(=O)O. The molecule has 8 heteroatoms. The van der Waals surface area contributed by atoms with Crippen LogP contribution in [0.25, 0.3) is 0 Å². The van der Waals surface area contributed by atoms with Gasteiger partial charge < -0.3 is 15.7 Å². The summed E-state index contributed by atoms with van der Waals surface area (Å²) in [6, 6.07) is -0.551.